The van der Waals surface area contributed by atoms with E-state index in [0.717, 1.165) is 50.3 Å². The van der Waals surface area contributed by atoms with Crippen molar-refractivity contribution in [2.24, 2.45) is 0 Å². The lowest BCUT2D eigenvalue weighted by Crippen LogP contribution is -2.09. The molecule has 4 heteroatoms. The number of para-hydroxylation sites is 3. The number of fused-ring (bicyclic) bond motifs is 11. The van der Waals surface area contributed by atoms with Crippen LogP contribution in [0.2, 0.25) is 0 Å². The number of thiophene rings is 1. The van der Waals surface area contributed by atoms with E-state index >= 15 is 0 Å². The average Bonchev–Trinajstić information content (AvgIpc) is 3.93. The van der Waals surface area contributed by atoms with E-state index in [0.29, 0.717) is 0 Å². The van der Waals surface area contributed by atoms with Gasteiger partial charge in [-0.3, -0.25) is 0 Å². The Morgan fingerprint density at radius 2 is 1.11 bits per heavy atom. The zero-order valence-corrected chi connectivity index (χ0v) is 31.0. The van der Waals surface area contributed by atoms with Crippen molar-refractivity contribution in [3.8, 4) is 16.8 Å². The van der Waals surface area contributed by atoms with Gasteiger partial charge in [0.15, 0.2) is 0 Å². The minimum absolute atomic E-state index is 0.876. The summed E-state index contributed by atoms with van der Waals surface area (Å²) in [5.41, 5.74) is 10.9. The second kappa shape index (κ2) is 12.2. The summed E-state index contributed by atoms with van der Waals surface area (Å²) in [5.74, 6) is 0. The molecule has 56 heavy (non-hydrogen) atoms. The van der Waals surface area contributed by atoms with Gasteiger partial charge < -0.3 is 13.9 Å². The SMILES string of the molecule is c1ccc(N(c2cccc(-c3ccc4c(c3)c3cc5ccc6sc7ccccc7c6c5cc3n4-c3ccccc3)c2)c2ccc3c(c2)oc2ccccc23)cc1. The Kier molecular flexibility index (Phi) is 6.80. The first-order valence-electron chi connectivity index (χ1n) is 19.0. The summed E-state index contributed by atoms with van der Waals surface area (Å²) >= 11 is 1.87. The van der Waals surface area contributed by atoms with E-state index in [1.165, 1.54) is 58.3 Å². The van der Waals surface area contributed by atoms with Crippen LogP contribution in [-0.2, 0) is 0 Å². The van der Waals surface area contributed by atoms with E-state index in [2.05, 4.69) is 191 Å². The van der Waals surface area contributed by atoms with Crippen molar-refractivity contribution in [3.05, 3.63) is 194 Å². The zero-order chi connectivity index (χ0) is 36.7. The summed E-state index contributed by atoms with van der Waals surface area (Å²) in [6.07, 6.45) is 0. The smallest absolute Gasteiger partial charge is 0.137 e. The monoisotopic (exact) mass is 732 g/mol. The molecule has 262 valence electrons. The summed E-state index contributed by atoms with van der Waals surface area (Å²) in [5, 5.41) is 9.95. The molecule has 9 aromatic carbocycles. The lowest BCUT2D eigenvalue weighted by molar-refractivity contribution is 0.669. The molecule has 0 amide bonds. The van der Waals surface area contributed by atoms with E-state index in [-0.39, 0.29) is 0 Å². The molecule has 0 aliphatic rings. The molecule has 0 fully saturated rings. The molecule has 3 aromatic heterocycles. The normalized spacial score (nSPS) is 11.9. The van der Waals surface area contributed by atoms with Crippen LogP contribution >= 0.6 is 11.3 Å². The minimum Gasteiger partial charge on any atom is -0.456 e. The zero-order valence-electron chi connectivity index (χ0n) is 30.2. The minimum atomic E-state index is 0.876. The molecule has 0 saturated heterocycles. The summed E-state index contributed by atoms with van der Waals surface area (Å²) in [6, 6.07) is 70.2. The number of benzene rings is 9. The molecule has 0 unspecified atom stereocenters. The number of rotatable bonds is 5. The van der Waals surface area contributed by atoms with E-state index in [1.54, 1.807) is 0 Å². The number of anilines is 3. The topological polar surface area (TPSA) is 21.3 Å². The van der Waals surface area contributed by atoms with Gasteiger partial charge in [-0.1, -0.05) is 97.1 Å². The number of aromatic nitrogens is 1. The maximum atomic E-state index is 6.35. The van der Waals surface area contributed by atoms with Gasteiger partial charge in [0.2, 0.25) is 0 Å². The summed E-state index contributed by atoms with van der Waals surface area (Å²) < 4.78 is 11.4. The van der Waals surface area contributed by atoms with Gasteiger partial charge in [-0.05, 0) is 113 Å². The van der Waals surface area contributed by atoms with E-state index in [9.17, 15) is 0 Å². The van der Waals surface area contributed by atoms with Crippen LogP contribution in [0.15, 0.2) is 199 Å². The molecular weight excluding hydrogens is 701 g/mol. The number of hydrogen-bond acceptors (Lipinski definition) is 3. The van der Waals surface area contributed by atoms with Crippen LogP contribution in [0.4, 0.5) is 17.1 Å². The predicted octanol–water partition coefficient (Wildman–Crippen LogP) is 15.3. The lowest BCUT2D eigenvalue weighted by Gasteiger charge is -2.26. The molecule has 12 rings (SSSR count). The van der Waals surface area contributed by atoms with Crippen LogP contribution in [0.1, 0.15) is 0 Å². The quantitative estimate of drug-likeness (QED) is 0.176. The Morgan fingerprint density at radius 1 is 0.393 bits per heavy atom. The van der Waals surface area contributed by atoms with Crippen LogP contribution in [0.3, 0.4) is 0 Å². The fourth-order valence-corrected chi connectivity index (χ4v) is 9.92. The fourth-order valence-electron chi connectivity index (χ4n) is 8.80. The molecule has 0 bridgehead atoms. The molecule has 0 aliphatic heterocycles. The van der Waals surface area contributed by atoms with Crippen molar-refractivity contribution < 1.29 is 4.42 Å². The molecule has 0 saturated carbocycles. The maximum Gasteiger partial charge on any atom is 0.137 e. The third-order valence-electron chi connectivity index (χ3n) is 11.3. The lowest BCUT2D eigenvalue weighted by atomic mass is 9.99. The molecule has 0 radical (unpaired) electrons. The van der Waals surface area contributed by atoms with Crippen LogP contribution < -0.4 is 4.90 Å². The van der Waals surface area contributed by atoms with Gasteiger partial charge in [0.25, 0.3) is 0 Å². The van der Waals surface area contributed by atoms with Crippen molar-refractivity contribution in [3.63, 3.8) is 0 Å². The highest BCUT2D eigenvalue weighted by Gasteiger charge is 2.19. The highest BCUT2D eigenvalue weighted by atomic mass is 32.1. The van der Waals surface area contributed by atoms with Crippen molar-refractivity contribution in [2.45, 2.75) is 0 Å². The van der Waals surface area contributed by atoms with Crippen LogP contribution in [-0.4, -0.2) is 4.57 Å². The molecular formula is C52H32N2OS. The van der Waals surface area contributed by atoms with Gasteiger partial charge in [-0.2, -0.15) is 0 Å². The second-order valence-electron chi connectivity index (χ2n) is 14.5. The standard InChI is InChI=1S/C52H32N2OS/c1-3-13-36(14-4-1)53(39-24-25-41-40-18-7-9-20-48(40)55-49(41)31-39)38-17-11-12-33(28-38)34-22-26-46-44(29-34)45-30-35-23-27-51-52(42-19-8-10-21-50(42)56-51)43(35)32-47(45)54(46)37-15-5-2-6-16-37/h1-32H. The highest BCUT2D eigenvalue weighted by molar-refractivity contribution is 7.26. The third kappa shape index (κ3) is 4.76. The summed E-state index contributed by atoms with van der Waals surface area (Å²) in [6.45, 7) is 0. The third-order valence-corrected chi connectivity index (χ3v) is 12.5. The maximum absolute atomic E-state index is 6.35. The Morgan fingerprint density at radius 3 is 2.00 bits per heavy atom. The Labute approximate surface area is 326 Å². The number of furan rings is 1. The van der Waals surface area contributed by atoms with E-state index in [4.69, 9.17) is 4.42 Å². The molecule has 0 N–H and O–H groups in total. The highest BCUT2D eigenvalue weighted by Crippen LogP contribution is 2.44. The second-order valence-corrected chi connectivity index (χ2v) is 15.6. The van der Waals surface area contributed by atoms with Gasteiger partial charge in [-0.15, -0.1) is 11.3 Å². The van der Waals surface area contributed by atoms with Gasteiger partial charge in [0, 0.05) is 70.5 Å². The summed E-state index contributed by atoms with van der Waals surface area (Å²) in [4.78, 5) is 2.32. The van der Waals surface area contributed by atoms with Crippen molar-refractivity contribution in [1.82, 2.24) is 4.57 Å². The van der Waals surface area contributed by atoms with Gasteiger partial charge in [0.05, 0.1) is 11.0 Å². The largest absolute Gasteiger partial charge is 0.456 e. The first kappa shape index (κ1) is 31.2. The molecule has 12 aromatic rings. The number of hydrogen-bond donors (Lipinski definition) is 0. The van der Waals surface area contributed by atoms with Gasteiger partial charge >= 0.3 is 0 Å². The number of nitrogens with zero attached hydrogens (tertiary/aromatic N) is 2. The summed E-state index contributed by atoms with van der Waals surface area (Å²) in [7, 11) is 0. The molecule has 3 heterocycles. The fraction of sp³-hybridized carbons (Fsp3) is 0. The molecule has 0 atom stereocenters. The van der Waals surface area contributed by atoms with Crippen molar-refractivity contribution >= 4 is 103 Å². The predicted molar refractivity (Wildman–Crippen MR) is 239 cm³/mol. The van der Waals surface area contributed by atoms with E-state index in [1.807, 2.05) is 23.5 Å². The molecule has 0 spiro atoms. The first-order valence-corrected chi connectivity index (χ1v) is 19.8. The first-order chi connectivity index (χ1) is 27.7. The van der Waals surface area contributed by atoms with Gasteiger partial charge in [0.1, 0.15) is 11.2 Å². The van der Waals surface area contributed by atoms with Crippen molar-refractivity contribution in [1.29, 1.82) is 0 Å². The van der Waals surface area contributed by atoms with E-state index < -0.39 is 0 Å². The van der Waals surface area contributed by atoms with Crippen LogP contribution in [0.5, 0.6) is 0 Å². The molecule has 3 nitrogen and oxygen atoms in total. The Hall–Kier alpha value is -7.14. The average molecular weight is 733 g/mol. The van der Waals surface area contributed by atoms with Gasteiger partial charge in [-0.25, -0.2) is 0 Å². The van der Waals surface area contributed by atoms with Crippen molar-refractivity contribution in [2.75, 3.05) is 4.90 Å². The Balaban J connectivity index is 1.05. The van der Waals surface area contributed by atoms with Crippen LogP contribution in [0, 0.1) is 0 Å². The Bertz CT molecular complexity index is 3480. The van der Waals surface area contributed by atoms with Crippen LogP contribution in [0.25, 0.3) is 91.5 Å². The molecule has 0 aliphatic carbocycles.